The van der Waals surface area contributed by atoms with Gasteiger partial charge in [-0.1, -0.05) is 34.5 Å². The lowest BCUT2D eigenvalue weighted by Crippen LogP contribution is -2.40. The Morgan fingerprint density at radius 1 is 1.15 bits per heavy atom. The summed E-state index contributed by atoms with van der Waals surface area (Å²) in [7, 11) is 0. The molecule has 0 fully saturated rings. The second-order valence-electron chi connectivity index (χ2n) is 6.38. The van der Waals surface area contributed by atoms with Gasteiger partial charge in [-0.25, -0.2) is 0 Å². The number of ether oxygens (including phenoxy) is 1. The van der Waals surface area contributed by atoms with Gasteiger partial charge in [0.1, 0.15) is 17.5 Å². The highest BCUT2D eigenvalue weighted by Crippen LogP contribution is 2.44. The summed E-state index contributed by atoms with van der Waals surface area (Å²) in [6.45, 7) is 3.09. The van der Waals surface area contributed by atoms with Gasteiger partial charge in [0, 0.05) is 32.5 Å². The highest BCUT2D eigenvalue weighted by molar-refractivity contribution is 9.10. The van der Waals surface area contributed by atoms with Gasteiger partial charge in [-0.2, -0.15) is 0 Å². The van der Waals surface area contributed by atoms with E-state index in [0.29, 0.717) is 21.9 Å². The van der Waals surface area contributed by atoms with Gasteiger partial charge in [0.25, 0.3) is 0 Å². The minimum absolute atomic E-state index is 0.154. The van der Waals surface area contributed by atoms with Crippen molar-refractivity contribution in [3.63, 3.8) is 0 Å². The van der Waals surface area contributed by atoms with Crippen molar-refractivity contribution in [1.29, 1.82) is 0 Å². The van der Waals surface area contributed by atoms with Crippen molar-refractivity contribution in [2.24, 2.45) is 11.8 Å². The summed E-state index contributed by atoms with van der Waals surface area (Å²) in [5, 5.41) is 0.534. The van der Waals surface area contributed by atoms with E-state index in [0.717, 1.165) is 4.47 Å². The lowest BCUT2D eigenvalue weighted by Gasteiger charge is -2.34. The van der Waals surface area contributed by atoms with E-state index >= 15 is 0 Å². The fraction of sp³-hybridized carbons (Fsp3) is 0.250. The first-order valence-corrected chi connectivity index (χ1v) is 9.28. The summed E-state index contributed by atoms with van der Waals surface area (Å²) < 4.78 is 6.12. The van der Waals surface area contributed by atoms with Crippen molar-refractivity contribution in [1.82, 2.24) is 0 Å². The third-order valence-corrected chi connectivity index (χ3v) is 5.42. The van der Waals surface area contributed by atoms with Crippen LogP contribution in [0.25, 0.3) is 0 Å². The lowest BCUT2D eigenvalue weighted by atomic mass is 9.72. The highest BCUT2D eigenvalue weighted by atomic mass is 79.9. The molecule has 0 saturated carbocycles. The minimum Gasteiger partial charge on any atom is -0.426 e. The molecule has 2 aromatic rings. The van der Waals surface area contributed by atoms with Crippen molar-refractivity contribution in [2.45, 2.75) is 19.8 Å². The first-order chi connectivity index (χ1) is 12.3. The SMILES string of the molecule is CC(=O)[C@H]1C(=O)Oc2ccc(Br)cc2[C@@H]1[C@H](C)C(=O)c1ccc(Cl)cc1. The summed E-state index contributed by atoms with van der Waals surface area (Å²) in [4.78, 5) is 37.6. The molecule has 3 atom stereocenters. The average molecular weight is 436 g/mol. The molecule has 1 aliphatic rings. The Hall–Kier alpha value is -1.98. The normalized spacial score (nSPS) is 20.1. The molecule has 0 spiro atoms. The van der Waals surface area contributed by atoms with Gasteiger partial charge in [-0.15, -0.1) is 0 Å². The van der Waals surface area contributed by atoms with Crippen LogP contribution in [0.3, 0.4) is 0 Å². The van der Waals surface area contributed by atoms with Crippen LogP contribution in [0.2, 0.25) is 5.02 Å². The first-order valence-electron chi connectivity index (χ1n) is 8.11. The molecule has 0 saturated heterocycles. The van der Waals surface area contributed by atoms with E-state index in [9.17, 15) is 14.4 Å². The maximum atomic E-state index is 13.0. The summed E-state index contributed by atoms with van der Waals surface area (Å²) >= 11 is 9.29. The largest absolute Gasteiger partial charge is 0.426 e. The Bertz CT molecular complexity index is 891. The van der Waals surface area contributed by atoms with Crippen molar-refractivity contribution < 1.29 is 19.1 Å². The molecular formula is C20H16BrClO4. The molecule has 0 amide bonds. The molecule has 0 aliphatic carbocycles. The standard InChI is InChI=1S/C20H16BrClO4/c1-10(19(24)12-3-6-14(22)7-4-12)17-15-9-13(21)5-8-16(15)26-20(25)18(17)11(2)23/h3-10,17-18H,1-2H3/t10-,17-,18+/m0/s1. The van der Waals surface area contributed by atoms with E-state index in [2.05, 4.69) is 15.9 Å². The fourth-order valence-corrected chi connectivity index (χ4v) is 3.89. The first kappa shape index (κ1) is 18.8. The zero-order chi connectivity index (χ0) is 19.0. The van der Waals surface area contributed by atoms with Crippen LogP contribution in [0.1, 0.15) is 35.7 Å². The Balaban J connectivity index is 2.07. The van der Waals surface area contributed by atoms with Gasteiger partial charge in [-0.3, -0.25) is 14.4 Å². The molecule has 134 valence electrons. The van der Waals surface area contributed by atoms with Crippen molar-refractivity contribution >= 4 is 45.1 Å². The summed E-state index contributed by atoms with van der Waals surface area (Å²) in [5.41, 5.74) is 1.16. The van der Waals surface area contributed by atoms with Crippen LogP contribution >= 0.6 is 27.5 Å². The predicted molar refractivity (Wildman–Crippen MR) is 102 cm³/mol. The Morgan fingerprint density at radius 3 is 2.42 bits per heavy atom. The number of carbonyl (C=O) groups is 3. The quantitative estimate of drug-likeness (QED) is 0.299. The van der Waals surface area contributed by atoms with Crippen LogP contribution in [-0.2, 0) is 9.59 Å². The highest BCUT2D eigenvalue weighted by Gasteiger charge is 2.45. The third-order valence-electron chi connectivity index (χ3n) is 4.67. The topological polar surface area (TPSA) is 60.4 Å². The van der Waals surface area contributed by atoms with Crippen molar-refractivity contribution in [2.75, 3.05) is 0 Å². The number of ketones is 2. The van der Waals surface area contributed by atoms with Gasteiger partial charge in [0.15, 0.2) is 5.78 Å². The number of Topliss-reactive ketones (excluding diaryl/α,β-unsaturated/α-hetero) is 2. The van der Waals surface area contributed by atoms with Crippen LogP contribution in [0, 0.1) is 11.8 Å². The molecule has 0 unspecified atom stereocenters. The number of halogens is 2. The van der Waals surface area contributed by atoms with Crippen LogP contribution < -0.4 is 4.74 Å². The zero-order valence-electron chi connectivity index (χ0n) is 14.2. The van der Waals surface area contributed by atoms with E-state index < -0.39 is 23.7 Å². The average Bonchev–Trinajstić information content (AvgIpc) is 2.60. The molecule has 1 heterocycles. The minimum atomic E-state index is -1.01. The summed E-state index contributed by atoms with van der Waals surface area (Å²) in [5.74, 6) is -2.90. The molecule has 26 heavy (non-hydrogen) atoms. The number of fused-ring (bicyclic) bond motifs is 1. The maximum absolute atomic E-state index is 13.0. The molecular weight excluding hydrogens is 420 g/mol. The van der Waals surface area contributed by atoms with Gasteiger partial charge >= 0.3 is 5.97 Å². The van der Waals surface area contributed by atoms with E-state index in [4.69, 9.17) is 16.3 Å². The summed E-state index contributed by atoms with van der Waals surface area (Å²) in [6, 6.07) is 11.8. The van der Waals surface area contributed by atoms with Crippen LogP contribution in [0.15, 0.2) is 46.9 Å². The Morgan fingerprint density at radius 2 is 1.81 bits per heavy atom. The van der Waals surface area contributed by atoms with E-state index in [1.807, 2.05) is 0 Å². The Kier molecular flexibility index (Phi) is 5.30. The van der Waals surface area contributed by atoms with Gasteiger partial charge in [-0.05, 0) is 49.4 Å². The van der Waals surface area contributed by atoms with Gasteiger partial charge in [0.05, 0.1) is 0 Å². The van der Waals surface area contributed by atoms with Gasteiger partial charge in [0.2, 0.25) is 0 Å². The summed E-state index contributed by atoms with van der Waals surface area (Å²) in [6.07, 6.45) is 0. The molecule has 4 nitrogen and oxygen atoms in total. The second kappa shape index (κ2) is 7.33. The predicted octanol–water partition coefficient (Wildman–Crippen LogP) is 4.83. The van der Waals surface area contributed by atoms with E-state index in [1.54, 1.807) is 49.4 Å². The molecule has 6 heteroatoms. The molecule has 0 radical (unpaired) electrons. The number of benzene rings is 2. The molecule has 3 rings (SSSR count). The molecule has 0 aromatic heterocycles. The monoisotopic (exact) mass is 434 g/mol. The number of rotatable bonds is 4. The molecule has 1 aliphatic heterocycles. The number of esters is 1. The van der Waals surface area contributed by atoms with Crippen LogP contribution in [-0.4, -0.2) is 17.5 Å². The molecule has 0 N–H and O–H groups in total. The second-order valence-corrected chi connectivity index (χ2v) is 7.73. The molecule has 0 bridgehead atoms. The number of hydrogen-bond donors (Lipinski definition) is 0. The third kappa shape index (κ3) is 3.46. The lowest BCUT2D eigenvalue weighted by molar-refractivity contribution is -0.146. The van der Waals surface area contributed by atoms with Crippen LogP contribution in [0.4, 0.5) is 0 Å². The smallest absolute Gasteiger partial charge is 0.322 e. The zero-order valence-corrected chi connectivity index (χ0v) is 16.5. The Labute approximate surface area is 164 Å². The molecule has 2 aromatic carbocycles. The maximum Gasteiger partial charge on any atom is 0.322 e. The fourth-order valence-electron chi connectivity index (χ4n) is 3.39. The van der Waals surface area contributed by atoms with Crippen molar-refractivity contribution in [3.05, 3.63) is 63.1 Å². The number of carbonyl (C=O) groups excluding carboxylic acids is 3. The van der Waals surface area contributed by atoms with E-state index in [-0.39, 0.29) is 11.6 Å². The number of hydrogen-bond acceptors (Lipinski definition) is 4. The van der Waals surface area contributed by atoms with Crippen LogP contribution in [0.5, 0.6) is 5.75 Å². The van der Waals surface area contributed by atoms with Gasteiger partial charge < -0.3 is 4.74 Å². The van der Waals surface area contributed by atoms with E-state index in [1.165, 1.54) is 6.92 Å². The van der Waals surface area contributed by atoms with Crippen molar-refractivity contribution in [3.8, 4) is 5.75 Å².